The first kappa shape index (κ1) is 19.2. The van der Waals surface area contributed by atoms with E-state index >= 15 is 0 Å². The zero-order chi connectivity index (χ0) is 18.4. The van der Waals surface area contributed by atoms with Crippen molar-refractivity contribution >= 4 is 23.2 Å². The van der Waals surface area contributed by atoms with E-state index in [2.05, 4.69) is 35.9 Å². The fourth-order valence-electron chi connectivity index (χ4n) is 3.80. The van der Waals surface area contributed by atoms with Crippen LogP contribution in [0.3, 0.4) is 0 Å². The second kappa shape index (κ2) is 8.89. The van der Waals surface area contributed by atoms with Crippen LogP contribution in [0.4, 0.5) is 0 Å². The summed E-state index contributed by atoms with van der Waals surface area (Å²) in [5.41, 5.74) is 1.74. The summed E-state index contributed by atoms with van der Waals surface area (Å²) >= 11 is 1.81. The minimum atomic E-state index is 0.231. The van der Waals surface area contributed by atoms with Crippen LogP contribution < -0.4 is 10.6 Å². The molecule has 2 heterocycles. The Labute approximate surface area is 161 Å². The molecule has 3 rings (SSSR count). The summed E-state index contributed by atoms with van der Waals surface area (Å²) in [6, 6.07) is 2.15. The number of rotatable bonds is 7. The molecule has 0 unspecified atom stereocenters. The number of guanidine groups is 1. The Balaban J connectivity index is 1.45. The van der Waals surface area contributed by atoms with Crippen LogP contribution in [0.25, 0.3) is 0 Å². The molecule has 0 radical (unpaired) electrons. The Morgan fingerprint density at radius 1 is 1.35 bits per heavy atom. The van der Waals surface area contributed by atoms with Crippen molar-refractivity contribution in [3.05, 3.63) is 21.9 Å². The van der Waals surface area contributed by atoms with Crippen molar-refractivity contribution in [2.24, 2.45) is 10.4 Å². The molecule has 0 saturated heterocycles. The highest BCUT2D eigenvalue weighted by Gasteiger charge is 2.34. The third-order valence-corrected chi connectivity index (χ3v) is 6.90. The summed E-state index contributed by atoms with van der Waals surface area (Å²) in [5.74, 6) is 1.08. The van der Waals surface area contributed by atoms with Gasteiger partial charge in [0.05, 0.1) is 0 Å². The lowest BCUT2D eigenvalue weighted by atomic mass is 9.67. The smallest absolute Gasteiger partial charge is 0.224 e. The Morgan fingerprint density at radius 3 is 2.88 bits per heavy atom. The lowest BCUT2D eigenvalue weighted by Gasteiger charge is -2.40. The maximum absolute atomic E-state index is 12.5. The average Bonchev–Trinajstić information content (AvgIpc) is 3.08. The molecule has 1 aliphatic carbocycles. The van der Waals surface area contributed by atoms with Gasteiger partial charge in [0.25, 0.3) is 0 Å². The maximum Gasteiger partial charge on any atom is 0.224 e. The summed E-state index contributed by atoms with van der Waals surface area (Å²) in [7, 11) is 0. The first-order chi connectivity index (χ1) is 12.7. The Morgan fingerprint density at radius 2 is 2.19 bits per heavy atom. The van der Waals surface area contributed by atoms with E-state index < -0.39 is 0 Å². The van der Waals surface area contributed by atoms with Gasteiger partial charge in [-0.25, -0.2) is 0 Å². The van der Waals surface area contributed by atoms with Gasteiger partial charge < -0.3 is 15.5 Å². The highest BCUT2D eigenvalue weighted by Crippen LogP contribution is 2.43. The molecule has 1 amide bonds. The number of aliphatic imine (C=N–C) groups is 1. The van der Waals surface area contributed by atoms with Gasteiger partial charge in [-0.3, -0.25) is 9.79 Å². The topological polar surface area (TPSA) is 56.7 Å². The number of hydrogen-bond donors (Lipinski definition) is 2. The quantitative estimate of drug-likeness (QED) is 0.568. The van der Waals surface area contributed by atoms with Crippen molar-refractivity contribution in [3.8, 4) is 0 Å². The van der Waals surface area contributed by atoms with E-state index in [0.29, 0.717) is 18.4 Å². The van der Waals surface area contributed by atoms with Gasteiger partial charge in [0.1, 0.15) is 0 Å². The molecule has 1 aromatic rings. The van der Waals surface area contributed by atoms with Gasteiger partial charge in [-0.15, -0.1) is 11.3 Å². The third-order valence-electron chi connectivity index (χ3n) is 5.87. The number of carbonyl (C=O) groups excluding carboxylic acids is 1. The highest BCUT2D eigenvalue weighted by atomic mass is 32.1. The fraction of sp³-hybridized carbons (Fsp3) is 0.700. The first-order valence-corrected chi connectivity index (χ1v) is 10.9. The van der Waals surface area contributed by atoms with E-state index in [1.54, 1.807) is 0 Å². The van der Waals surface area contributed by atoms with Crippen LogP contribution in [0.15, 0.2) is 16.4 Å². The van der Waals surface area contributed by atoms with Crippen LogP contribution in [0.1, 0.15) is 56.4 Å². The van der Waals surface area contributed by atoms with Crippen LogP contribution in [0.5, 0.6) is 0 Å². The highest BCUT2D eigenvalue weighted by molar-refractivity contribution is 7.10. The maximum atomic E-state index is 12.5. The molecule has 6 heteroatoms. The van der Waals surface area contributed by atoms with Gasteiger partial charge in [-0.1, -0.05) is 13.3 Å². The Bertz CT molecular complexity index is 630. The zero-order valence-corrected chi connectivity index (χ0v) is 17.0. The van der Waals surface area contributed by atoms with Crippen LogP contribution in [0.2, 0.25) is 0 Å². The normalized spacial score (nSPS) is 18.8. The summed E-state index contributed by atoms with van der Waals surface area (Å²) in [6.07, 6.45) is 6.64. The summed E-state index contributed by atoms with van der Waals surface area (Å²) in [6.45, 7) is 8.33. The van der Waals surface area contributed by atoms with E-state index in [9.17, 15) is 4.79 Å². The standard InChI is InChI=1S/C20H32N4OS/c1-3-20(9-5-10-20)15-23-19(21-4-2)22-11-6-18(25)24-12-7-17-16(14-24)8-13-26-17/h8,13H,3-7,9-12,14-15H2,1-2H3,(H2,21,22,23). The molecule has 0 atom stereocenters. The summed E-state index contributed by atoms with van der Waals surface area (Å²) in [5, 5.41) is 8.78. The number of thiophene rings is 1. The van der Waals surface area contributed by atoms with E-state index in [1.165, 1.54) is 36.1 Å². The predicted octanol–water partition coefficient (Wildman–Crippen LogP) is 3.16. The van der Waals surface area contributed by atoms with Crippen molar-refractivity contribution in [2.75, 3.05) is 26.2 Å². The molecular formula is C20H32N4OS. The van der Waals surface area contributed by atoms with Crippen LogP contribution in [-0.2, 0) is 17.8 Å². The SMILES string of the molecule is CCNC(=NCC1(CC)CCC1)NCCC(=O)N1CCc2sccc2C1. The third kappa shape index (κ3) is 4.58. The minimum Gasteiger partial charge on any atom is -0.357 e. The molecule has 1 saturated carbocycles. The number of carbonyl (C=O) groups is 1. The second-order valence-corrected chi connectivity index (χ2v) is 8.51. The number of nitrogens with one attached hydrogen (secondary N) is 2. The fourth-order valence-corrected chi connectivity index (χ4v) is 4.69. The number of nitrogens with zero attached hydrogens (tertiary/aromatic N) is 2. The van der Waals surface area contributed by atoms with Gasteiger partial charge in [0.2, 0.25) is 5.91 Å². The molecular weight excluding hydrogens is 344 g/mol. The Kier molecular flexibility index (Phi) is 6.57. The van der Waals surface area contributed by atoms with E-state index in [-0.39, 0.29) is 5.91 Å². The molecule has 1 aromatic heterocycles. The van der Waals surface area contributed by atoms with Gasteiger partial charge in [0, 0.05) is 44.0 Å². The average molecular weight is 377 g/mol. The molecule has 0 spiro atoms. The molecule has 2 N–H and O–H groups in total. The molecule has 2 aliphatic rings. The van der Waals surface area contributed by atoms with Crippen molar-refractivity contribution in [1.82, 2.24) is 15.5 Å². The van der Waals surface area contributed by atoms with Crippen molar-refractivity contribution in [2.45, 2.75) is 58.9 Å². The summed E-state index contributed by atoms with van der Waals surface area (Å²) in [4.78, 5) is 20.7. The van der Waals surface area contributed by atoms with Gasteiger partial charge >= 0.3 is 0 Å². The van der Waals surface area contributed by atoms with Gasteiger partial charge in [0.15, 0.2) is 5.96 Å². The van der Waals surface area contributed by atoms with Crippen molar-refractivity contribution < 1.29 is 4.79 Å². The van der Waals surface area contributed by atoms with Crippen molar-refractivity contribution in [3.63, 3.8) is 0 Å². The number of amides is 1. The second-order valence-electron chi connectivity index (χ2n) is 7.51. The molecule has 1 fully saturated rings. The van der Waals surface area contributed by atoms with E-state index in [1.807, 2.05) is 16.2 Å². The first-order valence-electron chi connectivity index (χ1n) is 10.0. The van der Waals surface area contributed by atoms with Crippen LogP contribution in [0, 0.1) is 5.41 Å². The lowest BCUT2D eigenvalue weighted by molar-refractivity contribution is -0.131. The number of hydrogen-bond acceptors (Lipinski definition) is 3. The molecule has 0 aromatic carbocycles. The van der Waals surface area contributed by atoms with Gasteiger partial charge in [-0.2, -0.15) is 0 Å². The van der Waals surface area contributed by atoms with Gasteiger partial charge in [-0.05, 0) is 55.0 Å². The van der Waals surface area contributed by atoms with Crippen molar-refractivity contribution in [1.29, 1.82) is 0 Å². The van der Waals surface area contributed by atoms with Crippen LogP contribution >= 0.6 is 11.3 Å². The molecule has 144 valence electrons. The summed E-state index contributed by atoms with van der Waals surface area (Å²) < 4.78 is 0. The zero-order valence-electron chi connectivity index (χ0n) is 16.1. The predicted molar refractivity (Wildman–Crippen MR) is 109 cm³/mol. The van der Waals surface area contributed by atoms with Crippen LogP contribution in [-0.4, -0.2) is 42.9 Å². The Hall–Kier alpha value is -1.56. The monoisotopic (exact) mass is 376 g/mol. The molecule has 1 aliphatic heterocycles. The number of fused-ring (bicyclic) bond motifs is 1. The lowest BCUT2D eigenvalue weighted by Crippen LogP contribution is -2.42. The molecule has 5 nitrogen and oxygen atoms in total. The van der Waals surface area contributed by atoms with E-state index in [4.69, 9.17) is 4.99 Å². The largest absolute Gasteiger partial charge is 0.357 e. The van der Waals surface area contributed by atoms with E-state index in [0.717, 1.165) is 38.6 Å². The minimum absolute atomic E-state index is 0.231. The molecule has 0 bridgehead atoms. The molecule has 26 heavy (non-hydrogen) atoms.